The van der Waals surface area contributed by atoms with Crippen LogP contribution in [0.4, 0.5) is 5.69 Å². The molecule has 0 atom stereocenters. The molecule has 2 N–H and O–H groups in total. The molecule has 0 fully saturated rings. The van der Waals surface area contributed by atoms with Gasteiger partial charge in [0, 0.05) is 36.1 Å². The van der Waals surface area contributed by atoms with Gasteiger partial charge in [-0.3, -0.25) is 9.98 Å². The minimum absolute atomic E-state index is 0.743. The third kappa shape index (κ3) is 2.67. The molecule has 1 aliphatic rings. The summed E-state index contributed by atoms with van der Waals surface area (Å²) < 4.78 is 0. The van der Waals surface area contributed by atoms with Gasteiger partial charge in [0.05, 0.1) is 0 Å². The molecule has 1 aromatic carbocycles. The number of aromatic nitrogens is 1. The number of aliphatic imine (C=N–C) groups is 1. The number of nitrogen functional groups attached to an aromatic ring is 1. The zero-order chi connectivity index (χ0) is 13.8. The Labute approximate surface area is 118 Å². The fourth-order valence-corrected chi connectivity index (χ4v) is 2.20. The Bertz CT molecular complexity index is 697. The average Bonchev–Trinajstić information content (AvgIpc) is 2.77. The van der Waals surface area contributed by atoms with E-state index in [-0.39, 0.29) is 0 Å². The van der Waals surface area contributed by atoms with E-state index in [1.165, 1.54) is 0 Å². The van der Waals surface area contributed by atoms with Gasteiger partial charge in [-0.25, -0.2) is 0 Å². The first kappa shape index (κ1) is 12.4. The molecule has 0 unspecified atom stereocenters. The topological polar surface area (TPSA) is 51.3 Å². The van der Waals surface area contributed by atoms with Crippen LogP contribution in [-0.2, 0) is 0 Å². The molecule has 1 aliphatic heterocycles. The number of pyridine rings is 1. The van der Waals surface area contributed by atoms with E-state index in [1.54, 1.807) is 6.20 Å². The van der Waals surface area contributed by atoms with E-state index in [2.05, 4.69) is 22.1 Å². The lowest BCUT2D eigenvalue weighted by Gasteiger charge is -2.08. The maximum Gasteiger partial charge on any atom is 0.0346 e. The molecule has 0 bridgehead atoms. The minimum atomic E-state index is 0.743. The van der Waals surface area contributed by atoms with E-state index >= 15 is 0 Å². The molecule has 1 aromatic heterocycles. The van der Waals surface area contributed by atoms with E-state index in [9.17, 15) is 0 Å². The Kier molecular flexibility index (Phi) is 3.42. The van der Waals surface area contributed by atoms with Crippen LogP contribution in [0.2, 0.25) is 0 Å². The van der Waals surface area contributed by atoms with Gasteiger partial charge >= 0.3 is 0 Å². The first-order chi connectivity index (χ1) is 9.83. The Morgan fingerprint density at radius 2 is 1.95 bits per heavy atom. The molecule has 2 aromatic rings. The second-order valence-corrected chi connectivity index (χ2v) is 4.64. The molecule has 0 aliphatic carbocycles. The summed E-state index contributed by atoms with van der Waals surface area (Å²) in [6.45, 7) is 0. The van der Waals surface area contributed by atoms with Crippen LogP contribution in [0.5, 0.6) is 0 Å². The van der Waals surface area contributed by atoms with Crippen molar-refractivity contribution in [1.82, 2.24) is 4.98 Å². The van der Waals surface area contributed by atoms with Gasteiger partial charge in [-0.2, -0.15) is 0 Å². The van der Waals surface area contributed by atoms with E-state index < -0.39 is 0 Å². The number of hydrogen-bond donors (Lipinski definition) is 1. The number of rotatable bonds is 2. The fraction of sp³-hybridized carbons (Fsp3) is 0.0588. The molecular formula is C17H15N3. The largest absolute Gasteiger partial charge is 0.399 e. The lowest BCUT2D eigenvalue weighted by molar-refractivity contribution is 1.33. The number of nitrogens with two attached hydrogens (primary N) is 1. The molecule has 0 saturated carbocycles. The first-order valence-corrected chi connectivity index (χ1v) is 6.52. The lowest BCUT2D eigenvalue weighted by Crippen LogP contribution is -1.92. The predicted octanol–water partition coefficient (Wildman–Crippen LogP) is 3.70. The molecule has 2 heterocycles. The van der Waals surface area contributed by atoms with Crippen LogP contribution in [0, 0.1) is 0 Å². The summed E-state index contributed by atoms with van der Waals surface area (Å²) in [5.41, 5.74) is 11.1. The van der Waals surface area contributed by atoms with E-state index in [4.69, 9.17) is 5.73 Å². The number of hydrogen-bond acceptors (Lipinski definition) is 3. The Morgan fingerprint density at radius 1 is 1.05 bits per heavy atom. The second-order valence-electron chi connectivity index (χ2n) is 4.64. The summed E-state index contributed by atoms with van der Waals surface area (Å²) in [4.78, 5) is 8.39. The van der Waals surface area contributed by atoms with Gasteiger partial charge in [0.2, 0.25) is 0 Å². The van der Waals surface area contributed by atoms with Crippen molar-refractivity contribution in [3.05, 3.63) is 66.6 Å². The SMILES string of the molecule is Nc1cc(C2=CCC=CN=C2)cc(-c2cccnc2)c1. The second kappa shape index (κ2) is 5.53. The van der Waals surface area contributed by atoms with Gasteiger partial charge in [0.15, 0.2) is 0 Å². The van der Waals surface area contributed by atoms with Crippen molar-refractivity contribution in [3.8, 4) is 11.1 Å². The Hall–Kier alpha value is -2.68. The van der Waals surface area contributed by atoms with Gasteiger partial charge in [0.1, 0.15) is 0 Å². The molecule has 20 heavy (non-hydrogen) atoms. The molecule has 3 rings (SSSR count). The van der Waals surface area contributed by atoms with Crippen molar-refractivity contribution in [1.29, 1.82) is 0 Å². The van der Waals surface area contributed by atoms with Crippen molar-refractivity contribution in [3.63, 3.8) is 0 Å². The van der Waals surface area contributed by atoms with Gasteiger partial charge in [0.25, 0.3) is 0 Å². The highest BCUT2D eigenvalue weighted by atomic mass is 14.7. The minimum Gasteiger partial charge on any atom is -0.399 e. The fourth-order valence-electron chi connectivity index (χ4n) is 2.20. The third-order valence-electron chi connectivity index (χ3n) is 3.16. The predicted molar refractivity (Wildman–Crippen MR) is 84.3 cm³/mol. The summed E-state index contributed by atoms with van der Waals surface area (Å²) >= 11 is 0. The zero-order valence-electron chi connectivity index (χ0n) is 11.0. The highest BCUT2D eigenvalue weighted by Crippen LogP contribution is 2.26. The van der Waals surface area contributed by atoms with Gasteiger partial charge in [-0.1, -0.05) is 18.2 Å². The summed E-state index contributed by atoms with van der Waals surface area (Å²) in [7, 11) is 0. The molecule has 98 valence electrons. The normalized spacial score (nSPS) is 13.9. The number of nitrogens with zero attached hydrogens (tertiary/aromatic N) is 2. The Morgan fingerprint density at radius 3 is 2.80 bits per heavy atom. The molecular weight excluding hydrogens is 246 g/mol. The summed E-state index contributed by atoms with van der Waals surface area (Å²) in [5, 5.41) is 0. The first-order valence-electron chi connectivity index (χ1n) is 6.52. The van der Waals surface area contributed by atoms with Crippen molar-refractivity contribution < 1.29 is 0 Å². The standard InChI is InChI=1S/C17H15N3/c18-17-9-15(13-4-1-2-6-19-11-13)8-16(10-17)14-5-3-7-20-12-14/h2-12H,1,18H2. The highest BCUT2D eigenvalue weighted by molar-refractivity contribution is 6.10. The van der Waals surface area contributed by atoms with Gasteiger partial charge in [-0.15, -0.1) is 0 Å². The maximum absolute atomic E-state index is 6.03. The molecule has 3 heteroatoms. The van der Waals surface area contributed by atoms with Crippen LogP contribution in [0.15, 0.2) is 66.1 Å². The number of benzene rings is 1. The maximum atomic E-state index is 6.03. The number of anilines is 1. The molecule has 0 radical (unpaired) electrons. The average molecular weight is 261 g/mol. The smallest absolute Gasteiger partial charge is 0.0346 e. The van der Waals surface area contributed by atoms with Crippen molar-refractivity contribution in [2.45, 2.75) is 6.42 Å². The lowest BCUT2D eigenvalue weighted by atomic mass is 9.99. The van der Waals surface area contributed by atoms with E-state index in [1.807, 2.05) is 49.0 Å². The van der Waals surface area contributed by atoms with Crippen LogP contribution in [0.3, 0.4) is 0 Å². The van der Waals surface area contributed by atoms with Crippen molar-refractivity contribution in [2.75, 3.05) is 5.73 Å². The van der Waals surface area contributed by atoms with Crippen LogP contribution < -0.4 is 5.73 Å². The van der Waals surface area contributed by atoms with E-state index in [0.717, 1.165) is 34.4 Å². The number of allylic oxidation sites excluding steroid dienone is 3. The van der Waals surface area contributed by atoms with E-state index in [0.29, 0.717) is 0 Å². The summed E-state index contributed by atoms with van der Waals surface area (Å²) in [6.07, 6.45) is 12.3. The quantitative estimate of drug-likeness (QED) is 0.838. The van der Waals surface area contributed by atoms with Crippen LogP contribution in [0.25, 0.3) is 16.7 Å². The third-order valence-corrected chi connectivity index (χ3v) is 3.16. The molecule has 0 spiro atoms. The summed E-state index contributed by atoms with van der Waals surface area (Å²) in [5.74, 6) is 0. The molecule has 3 nitrogen and oxygen atoms in total. The molecule has 0 amide bonds. The van der Waals surface area contributed by atoms with Crippen LogP contribution in [-0.4, -0.2) is 11.2 Å². The van der Waals surface area contributed by atoms with Crippen molar-refractivity contribution in [2.24, 2.45) is 4.99 Å². The summed E-state index contributed by atoms with van der Waals surface area (Å²) in [6, 6.07) is 10.0. The van der Waals surface area contributed by atoms with Gasteiger partial charge < -0.3 is 5.73 Å². The van der Waals surface area contributed by atoms with Crippen LogP contribution >= 0.6 is 0 Å². The van der Waals surface area contributed by atoms with Crippen molar-refractivity contribution >= 4 is 17.5 Å². The Balaban J connectivity index is 2.05. The highest BCUT2D eigenvalue weighted by Gasteiger charge is 2.05. The monoisotopic (exact) mass is 261 g/mol. The van der Waals surface area contributed by atoms with Crippen LogP contribution in [0.1, 0.15) is 12.0 Å². The van der Waals surface area contributed by atoms with Gasteiger partial charge in [-0.05, 0) is 47.4 Å². The molecule has 0 saturated heterocycles. The zero-order valence-corrected chi connectivity index (χ0v) is 11.0.